The highest BCUT2D eigenvalue weighted by atomic mass is 35.5. The highest BCUT2D eigenvalue weighted by Gasteiger charge is 2.22. The molecule has 29 heavy (non-hydrogen) atoms. The first kappa shape index (κ1) is 20.3. The number of para-hydroxylation sites is 2. The minimum Gasteiger partial charge on any atom is -0.480 e. The van der Waals surface area contributed by atoms with Gasteiger partial charge >= 0.3 is 5.97 Å². The molecule has 0 unspecified atom stereocenters. The monoisotopic (exact) mass is 414 g/mol. The van der Waals surface area contributed by atoms with Crippen molar-refractivity contribution in [2.24, 2.45) is 0 Å². The lowest BCUT2D eigenvalue weighted by Gasteiger charge is -2.16. The van der Waals surface area contributed by atoms with Crippen LogP contribution in [0.1, 0.15) is 16.2 Å². The van der Waals surface area contributed by atoms with E-state index in [1.807, 2.05) is 24.3 Å². The second-order valence-corrected chi connectivity index (χ2v) is 6.79. The number of carbonyl (C=O) groups excluding carboxylic acids is 2. The van der Waals surface area contributed by atoms with E-state index in [1.165, 1.54) is 12.1 Å². The fraction of sp³-hybridized carbons (Fsp3) is 0.200. The van der Waals surface area contributed by atoms with Gasteiger partial charge in [-0.05, 0) is 31.2 Å². The minimum atomic E-state index is -1.30. The average molecular weight is 415 g/mol. The van der Waals surface area contributed by atoms with Gasteiger partial charge in [0.05, 0.1) is 21.6 Å². The van der Waals surface area contributed by atoms with Gasteiger partial charge in [-0.15, -0.1) is 0 Å². The third-order valence-electron chi connectivity index (χ3n) is 4.37. The summed E-state index contributed by atoms with van der Waals surface area (Å²) < 4.78 is 1.74. The van der Waals surface area contributed by atoms with Gasteiger partial charge in [0.2, 0.25) is 5.91 Å². The van der Waals surface area contributed by atoms with Crippen LogP contribution in [-0.2, 0) is 16.1 Å². The molecule has 3 rings (SSSR count). The summed E-state index contributed by atoms with van der Waals surface area (Å²) in [4.78, 5) is 40.5. The molecule has 0 saturated carbocycles. The van der Waals surface area contributed by atoms with Crippen LogP contribution in [0.3, 0.4) is 0 Å². The van der Waals surface area contributed by atoms with Crippen molar-refractivity contribution in [3.05, 3.63) is 64.9 Å². The van der Waals surface area contributed by atoms with Crippen molar-refractivity contribution in [2.45, 2.75) is 19.5 Å². The molecular formula is C20H19ClN4O4. The molecule has 0 fully saturated rings. The topological polar surface area (TPSA) is 113 Å². The van der Waals surface area contributed by atoms with E-state index in [-0.39, 0.29) is 23.7 Å². The highest BCUT2D eigenvalue weighted by molar-refractivity contribution is 6.33. The van der Waals surface area contributed by atoms with Crippen molar-refractivity contribution in [3.8, 4) is 0 Å². The van der Waals surface area contributed by atoms with E-state index >= 15 is 0 Å². The lowest BCUT2D eigenvalue weighted by atomic mass is 10.2. The Bertz CT molecular complexity index is 1080. The number of hydrogen-bond acceptors (Lipinski definition) is 4. The van der Waals surface area contributed by atoms with Crippen molar-refractivity contribution >= 4 is 40.4 Å². The van der Waals surface area contributed by atoms with E-state index in [0.29, 0.717) is 5.82 Å². The van der Waals surface area contributed by atoms with Crippen molar-refractivity contribution in [3.63, 3.8) is 0 Å². The zero-order valence-electron chi connectivity index (χ0n) is 15.6. The Morgan fingerprint density at radius 3 is 2.55 bits per heavy atom. The molecule has 150 valence electrons. The molecule has 0 radical (unpaired) electrons. The summed E-state index contributed by atoms with van der Waals surface area (Å²) in [6.45, 7) is 1.50. The van der Waals surface area contributed by atoms with Crippen LogP contribution in [0.15, 0.2) is 48.5 Å². The molecule has 3 N–H and O–H groups in total. The predicted octanol–water partition coefficient (Wildman–Crippen LogP) is 2.00. The number of aromatic nitrogens is 2. The fourth-order valence-corrected chi connectivity index (χ4v) is 3.11. The average Bonchev–Trinajstić information content (AvgIpc) is 3.00. The van der Waals surface area contributed by atoms with Gasteiger partial charge in [-0.2, -0.15) is 0 Å². The zero-order valence-corrected chi connectivity index (χ0v) is 16.3. The van der Waals surface area contributed by atoms with E-state index < -0.39 is 23.8 Å². The SMILES string of the molecule is Cc1nc2ccccc2n1CC(=O)NC[C@H](NC(=O)c1ccccc1Cl)C(=O)O. The van der Waals surface area contributed by atoms with Crippen molar-refractivity contribution < 1.29 is 19.5 Å². The second kappa shape index (κ2) is 8.74. The Balaban J connectivity index is 1.63. The molecule has 0 aliphatic rings. The Labute approximate surface area is 171 Å². The molecule has 1 heterocycles. The van der Waals surface area contributed by atoms with Gasteiger partial charge in [0.1, 0.15) is 18.4 Å². The number of rotatable bonds is 7. The molecule has 2 amide bonds. The van der Waals surface area contributed by atoms with E-state index in [9.17, 15) is 19.5 Å². The first-order valence-electron chi connectivity index (χ1n) is 8.83. The van der Waals surface area contributed by atoms with Crippen molar-refractivity contribution in [1.82, 2.24) is 20.2 Å². The molecule has 1 atom stereocenters. The number of carboxylic acid groups (broad SMARTS) is 1. The Hall–Kier alpha value is -3.39. The van der Waals surface area contributed by atoms with Gasteiger partial charge in [0.25, 0.3) is 5.91 Å². The van der Waals surface area contributed by atoms with Gasteiger partial charge < -0.3 is 20.3 Å². The molecule has 2 aromatic carbocycles. The molecule has 0 spiro atoms. The summed E-state index contributed by atoms with van der Waals surface area (Å²) in [6.07, 6.45) is 0. The van der Waals surface area contributed by atoms with Crippen LogP contribution in [0.5, 0.6) is 0 Å². The summed E-state index contributed by atoms with van der Waals surface area (Å²) in [6, 6.07) is 12.4. The number of fused-ring (bicyclic) bond motifs is 1. The van der Waals surface area contributed by atoms with Crippen LogP contribution in [0, 0.1) is 6.92 Å². The van der Waals surface area contributed by atoms with Crippen LogP contribution in [0.25, 0.3) is 11.0 Å². The molecule has 1 aromatic heterocycles. The van der Waals surface area contributed by atoms with E-state index in [4.69, 9.17) is 11.6 Å². The summed E-state index contributed by atoms with van der Waals surface area (Å²) in [7, 11) is 0. The molecule has 0 aliphatic heterocycles. The van der Waals surface area contributed by atoms with E-state index in [0.717, 1.165) is 11.0 Å². The number of hydrogen-bond donors (Lipinski definition) is 3. The zero-order chi connectivity index (χ0) is 21.0. The third-order valence-corrected chi connectivity index (χ3v) is 4.70. The number of nitrogens with zero attached hydrogens (tertiary/aromatic N) is 2. The lowest BCUT2D eigenvalue weighted by molar-refractivity contribution is -0.139. The molecule has 0 aliphatic carbocycles. The Morgan fingerprint density at radius 2 is 1.83 bits per heavy atom. The molecule has 0 bridgehead atoms. The molecular weight excluding hydrogens is 396 g/mol. The fourth-order valence-electron chi connectivity index (χ4n) is 2.89. The van der Waals surface area contributed by atoms with E-state index in [1.54, 1.807) is 23.6 Å². The maximum atomic E-state index is 12.4. The van der Waals surface area contributed by atoms with Gasteiger partial charge in [-0.25, -0.2) is 9.78 Å². The number of imidazole rings is 1. The minimum absolute atomic E-state index is 0.0167. The second-order valence-electron chi connectivity index (χ2n) is 6.38. The normalized spacial score (nSPS) is 11.8. The Kier molecular flexibility index (Phi) is 6.13. The van der Waals surface area contributed by atoms with Gasteiger partial charge in [-0.3, -0.25) is 9.59 Å². The summed E-state index contributed by atoms with van der Waals surface area (Å²) in [5, 5.41) is 14.5. The van der Waals surface area contributed by atoms with Crippen LogP contribution >= 0.6 is 11.6 Å². The number of aryl methyl sites for hydroxylation is 1. The number of amides is 2. The molecule has 0 saturated heterocycles. The Morgan fingerprint density at radius 1 is 1.14 bits per heavy atom. The van der Waals surface area contributed by atoms with Crippen LogP contribution in [-0.4, -0.2) is 45.0 Å². The first-order chi connectivity index (χ1) is 13.9. The van der Waals surface area contributed by atoms with Gasteiger partial charge in [0, 0.05) is 6.54 Å². The highest BCUT2D eigenvalue weighted by Crippen LogP contribution is 2.16. The quantitative estimate of drug-likeness (QED) is 0.547. The number of carbonyl (C=O) groups is 3. The number of carboxylic acids is 1. The summed E-state index contributed by atoms with van der Waals surface area (Å²) in [5.74, 6) is -1.62. The molecule has 8 nitrogen and oxygen atoms in total. The summed E-state index contributed by atoms with van der Waals surface area (Å²) in [5.41, 5.74) is 1.74. The largest absolute Gasteiger partial charge is 0.480 e. The molecule has 3 aromatic rings. The maximum Gasteiger partial charge on any atom is 0.328 e. The standard InChI is InChI=1S/C20H19ClN4O4/c1-12-23-15-8-4-5-9-17(15)25(12)11-18(26)22-10-16(20(28)29)24-19(27)13-6-2-3-7-14(13)21/h2-9,16H,10-11H2,1H3,(H,22,26)(H,24,27)(H,28,29)/t16-/m0/s1. The predicted molar refractivity (Wildman–Crippen MR) is 108 cm³/mol. The summed E-state index contributed by atoms with van der Waals surface area (Å²) >= 11 is 5.96. The van der Waals surface area contributed by atoms with Crippen molar-refractivity contribution in [1.29, 1.82) is 0 Å². The van der Waals surface area contributed by atoms with Crippen LogP contribution < -0.4 is 10.6 Å². The smallest absolute Gasteiger partial charge is 0.328 e. The molecule has 9 heteroatoms. The number of nitrogens with one attached hydrogen (secondary N) is 2. The lowest BCUT2D eigenvalue weighted by Crippen LogP contribution is -2.49. The van der Waals surface area contributed by atoms with Gasteiger partial charge in [-0.1, -0.05) is 35.9 Å². The third kappa shape index (κ3) is 4.72. The van der Waals surface area contributed by atoms with E-state index in [2.05, 4.69) is 15.6 Å². The maximum absolute atomic E-state index is 12.4. The first-order valence-corrected chi connectivity index (χ1v) is 9.21. The van der Waals surface area contributed by atoms with Crippen molar-refractivity contribution in [2.75, 3.05) is 6.54 Å². The number of aliphatic carboxylic acids is 1. The number of halogens is 1. The van der Waals surface area contributed by atoms with Crippen LogP contribution in [0.4, 0.5) is 0 Å². The van der Waals surface area contributed by atoms with Gasteiger partial charge in [0.15, 0.2) is 0 Å². The number of benzene rings is 2. The van der Waals surface area contributed by atoms with Crippen LogP contribution in [0.2, 0.25) is 5.02 Å².